The molecule has 106 valence electrons. The van der Waals surface area contributed by atoms with E-state index < -0.39 is 5.82 Å². The van der Waals surface area contributed by atoms with Crippen molar-refractivity contribution in [2.75, 3.05) is 17.7 Å². The Morgan fingerprint density at radius 1 is 1.42 bits per heavy atom. The molecule has 0 spiro atoms. The molecule has 3 N–H and O–H groups in total. The number of ether oxygens (including phenoxy) is 1. The van der Waals surface area contributed by atoms with Crippen molar-refractivity contribution in [1.82, 2.24) is 0 Å². The Morgan fingerprint density at radius 3 is 2.68 bits per heavy atom. The molecule has 1 aliphatic carbocycles. The van der Waals surface area contributed by atoms with Crippen LogP contribution in [0.2, 0.25) is 0 Å². The minimum Gasteiger partial charge on any atom is -0.490 e. The third kappa shape index (κ3) is 3.31. The summed E-state index contributed by atoms with van der Waals surface area (Å²) >= 11 is 0. The lowest BCUT2D eigenvalue weighted by molar-refractivity contribution is 0.301. The largest absolute Gasteiger partial charge is 0.490 e. The number of hydrogen-bond acceptors (Lipinski definition) is 3. The molecule has 1 aliphatic rings. The van der Waals surface area contributed by atoms with Crippen LogP contribution in [0.4, 0.5) is 15.8 Å². The zero-order valence-corrected chi connectivity index (χ0v) is 11.9. The summed E-state index contributed by atoms with van der Waals surface area (Å²) < 4.78 is 19.1. The first-order valence-electron chi connectivity index (χ1n) is 6.94. The zero-order valence-electron chi connectivity index (χ0n) is 11.9. The van der Waals surface area contributed by atoms with Gasteiger partial charge in [0.25, 0.3) is 0 Å². The van der Waals surface area contributed by atoms with Crippen molar-refractivity contribution in [3.63, 3.8) is 0 Å². The second-order valence-corrected chi connectivity index (χ2v) is 5.84. The van der Waals surface area contributed by atoms with Gasteiger partial charge in [-0.15, -0.1) is 0 Å². The SMILES string of the molecule is CCCOc1cc(NC(C)(C)C2CC2)c(N)cc1F. The highest BCUT2D eigenvalue weighted by Gasteiger charge is 2.38. The predicted octanol–water partition coefficient (Wildman–Crippen LogP) is 3.80. The fourth-order valence-corrected chi connectivity index (χ4v) is 2.25. The van der Waals surface area contributed by atoms with Gasteiger partial charge in [-0.1, -0.05) is 6.92 Å². The average Bonchev–Trinajstić information content (AvgIpc) is 3.15. The summed E-state index contributed by atoms with van der Waals surface area (Å²) in [5, 5.41) is 3.42. The fourth-order valence-electron chi connectivity index (χ4n) is 2.25. The molecule has 0 amide bonds. The van der Waals surface area contributed by atoms with E-state index in [-0.39, 0.29) is 11.3 Å². The number of anilines is 2. The molecule has 0 unspecified atom stereocenters. The minimum absolute atomic E-state index is 0.0199. The molecule has 0 bridgehead atoms. The van der Waals surface area contributed by atoms with E-state index in [9.17, 15) is 4.39 Å². The molecule has 0 radical (unpaired) electrons. The van der Waals surface area contributed by atoms with E-state index in [0.29, 0.717) is 18.2 Å². The quantitative estimate of drug-likeness (QED) is 0.770. The maximum Gasteiger partial charge on any atom is 0.167 e. The highest BCUT2D eigenvalue weighted by molar-refractivity contribution is 5.69. The van der Waals surface area contributed by atoms with E-state index >= 15 is 0 Å². The van der Waals surface area contributed by atoms with Gasteiger partial charge in [-0.3, -0.25) is 0 Å². The number of rotatable bonds is 6. The third-order valence-electron chi connectivity index (χ3n) is 3.62. The molecule has 0 atom stereocenters. The monoisotopic (exact) mass is 266 g/mol. The summed E-state index contributed by atoms with van der Waals surface area (Å²) in [6, 6.07) is 3.00. The van der Waals surface area contributed by atoms with E-state index in [4.69, 9.17) is 10.5 Å². The molecule has 0 heterocycles. The number of halogens is 1. The van der Waals surface area contributed by atoms with Crippen LogP contribution < -0.4 is 15.8 Å². The summed E-state index contributed by atoms with van der Waals surface area (Å²) in [6.07, 6.45) is 3.32. The molecule has 0 saturated heterocycles. The minimum atomic E-state index is -0.402. The lowest BCUT2D eigenvalue weighted by atomic mass is 9.98. The van der Waals surface area contributed by atoms with E-state index in [1.165, 1.54) is 18.9 Å². The Balaban J connectivity index is 2.19. The summed E-state index contributed by atoms with van der Waals surface area (Å²) in [5.41, 5.74) is 7.05. The zero-order chi connectivity index (χ0) is 14.0. The Kier molecular flexibility index (Phi) is 3.88. The Hall–Kier alpha value is -1.45. The molecule has 1 aromatic rings. The highest BCUT2D eigenvalue weighted by atomic mass is 19.1. The smallest absolute Gasteiger partial charge is 0.167 e. The molecule has 3 nitrogen and oxygen atoms in total. The third-order valence-corrected chi connectivity index (χ3v) is 3.62. The molecule has 1 aromatic carbocycles. The number of nitrogens with two attached hydrogens (primary N) is 1. The number of benzene rings is 1. The molecule has 1 fully saturated rings. The van der Waals surface area contributed by atoms with Crippen LogP contribution in [0.5, 0.6) is 5.75 Å². The molecule has 0 aliphatic heterocycles. The van der Waals surface area contributed by atoms with E-state index in [0.717, 1.165) is 12.1 Å². The molecule has 2 rings (SSSR count). The van der Waals surface area contributed by atoms with Gasteiger partial charge in [-0.25, -0.2) is 4.39 Å². The van der Waals surface area contributed by atoms with Crippen molar-refractivity contribution < 1.29 is 9.13 Å². The van der Waals surface area contributed by atoms with Crippen molar-refractivity contribution in [1.29, 1.82) is 0 Å². The molecule has 4 heteroatoms. The molecule has 0 aromatic heterocycles. The summed E-state index contributed by atoms with van der Waals surface area (Å²) in [4.78, 5) is 0. The summed E-state index contributed by atoms with van der Waals surface area (Å²) in [7, 11) is 0. The lowest BCUT2D eigenvalue weighted by Crippen LogP contribution is -2.33. The van der Waals surface area contributed by atoms with Gasteiger partial charge < -0.3 is 15.8 Å². The van der Waals surface area contributed by atoms with E-state index in [1.807, 2.05) is 6.92 Å². The van der Waals surface area contributed by atoms with Crippen molar-refractivity contribution in [2.45, 2.75) is 45.6 Å². The van der Waals surface area contributed by atoms with Crippen LogP contribution in [0.25, 0.3) is 0 Å². The van der Waals surface area contributed by atoms with Gasteiger partial charge in [0, 0.05) is 17.7 Å². The number of hydrogen-bond donors (Lipinski definition) is 2. The Morgan fingerprint density at radius 2 is 2.11 bits per heavy atom. The maximum absolute atomic E-state index is 13.7. The van der Waals surface area contributed by atoms with Gasteiger partial charge in [-0.2, -0.15) is 0 Å². The first-order valence-corrected chi connectivity index (χ1v) is 6.94. The lowest BCUT2D eigenvalue weighted by Gasteiger charge is -2.28. The van der Waals surface area contributed by atoms with Crippen LogP contribution in [-0.2, 0) is 0 Å². The van der Waals surface area contributed by atoms with E-state index in [2.05, 4.69) is 19.2 Å². The van der Waals surface area contributed by atoms with Gasteiger partial charge in [0.15, 0.2) is 11.6 Å². The topological polar surface area (TPSA) is 47.3 Å². The first kappa shape index (κ1) is 14.0. The van der Waals surface area contributed by atoms with Crippen molar-refractivity contribution >= 4 is 11.4 Å². The second-order valence-electron chi connectivity index (χ2n) is 5.84. The number of nitrogens with one attached hydrogen (secondary N) is 1. The first-order chi connectivity index (χ1) is 8.94. The van der Waals surface area contributed by atoms with Gasteiger partial charge in [0.1, 0.15) is 0 Å². The summed E-state index contributed by atoms with van der Waals surface area (Å²) in [5.74, 6) is 0.530. The van der Waals surface area contributed by atoms with Gasteiger partial charge in [0.2, 0.25) is 0 Å². The van der Waals surface area contributed by atoms with Crippen LogP contribution in [0.3, 0.4) is 0 Å². The van der Waals surface area contributed by atoms with E-state index in [1.54, 1.807) is 6.07 Å². The van der Waals surface area contributed by atoms with Crippen molar-refractivity contribution in [3.8, 4) is 5.75 Å². The highest BCUT2D eigenvalue weighted by Crippen LogP contribution is 2.42. The van der Waals surface area contributed by atoms with Gasteiger partial charge in [-0.05, 0) is 39.0 Å². The van der Waals surface area contributed by atoms with Gasteiger partial charge >= 0.3 is 0 Å². The van der Waals surface area contributed by atoms with Crippen molar-refractivity contribution in [3.05, 3.63) is 17.9 Å². The predicted molar refractivity (Wildman–Crippen MR) is 77.0 cm³/mol. The van der Waals surface area contributed by atoms with Crippen LogP contribution in [0.1, 0.15) is 40.0 Å². The standard InChI is InChI=1S/C15H23FN2O/c1-4-7-19-14-9-13(12(17)8-11(14)16)18-15(2,3)10-5-6-10/h8-10,18H,4-7,17H2,1-3H3. The number of nitrogen functional groups attached to an aromatic ring is 1. The van der Waals surface area contributed by atoms with Gasteiger partial charge in [0.05, 0.1) is 18.0 Å². The van der Waals surface area contributed by atoms with Crippen LogP contribution in [0, 0.1) is 11.7 Å². The second kappa shape index (κ2) is 5.27. The normalized spacial score (nSPS) is 15.4. The molecular formula is C15H23FN2O. The summed E-state index contributed by atoms with van der Waals surface area (Å²) in [6.45, 7) is 6.80. The molecule has 19 heavy (non-hydrogen) atoms. The van der Waals surface area contributed by atoms with Crippen LogP contribution >= 0.6 is 0 Å². The Labute approximate surface area is 114 Å². The van der Waals surface area contributed by atoms with Crippen LogP contribution in [0.15, 0.2) is 12.1 Å². The van der Waals surface area contributed by atoms with Crippen LogP contribution in [-0.4, -0.2) is 12.1 Å². The molecular weight excluding hydrogens is 243 g/mol. The van der Waals surface area contributed by atoms with Crippen molar-refractivity contribution in [2.24, 2.45) is 5.92 Å². The average molecular weight is 266 g/mol. The molecule has 1 saturated carbocycles. The Bertz CT molecular complexity index is 456. The maximum atomic E-state index is 13.7. The fraction of sp³-hybridized carbons (Fsp3) is 0.600.